The average Bonchev–Trinajstić information content (AvgIpc) is 2.85. The molecule has 0 radical (unpaired) electrons. The van der Waals surface area contributed by atoms with Crippen molar-refractivity contribution in [2.24, 2.45) is 5.92 Å². The van der Waals surface area contributed by atoms with Gasteiger partial charge in [0.25, 0.3) is 0 Å². The minimum absolute atomic E-state index is 0.0991. The first-order chi connectivity index (χ1) is 6.28. The van der Waals surface area contributed by atoms with Crippen LogP contribution in [0.1, 0.15) is 45.4 Å². The van der Waals surface area contributed by atoms with E-state index in [1.165, 1.54) is 38.5 Å². The molecule has 2 rings (SSSR count). The molecular formula is C11H21NO. The van der Waals surface area contributed by atoms with E-state index in [9.17, 15) is 5.11 Å². The highest BCUT2D eigenvalue weighted by atomic mass is 16.3. The number of hydrogen-bond acceptors (Lipinski definition) is 2. The lowest BCUT2D eigenvalue weighted by Crippen LogP contribution is -2.47. The monoisotopic (exact) mass is 183 g/mol. The van der Waals surface area contributed by atoms with Gasteiger partial charge in [0.05, 0.1) is 6.61 Å². The molecule has 2 nitrogen and oxygen atoms in total. The first-order valence-corrected chi connectivity index (χ1v) is 5.66. The highest BCUT2D eigenvalue weighted by molar-refractivity contribution is 5.00. The Kier molecular flexibility index (Phi) is 2.61. The summed E-state index contributed by atoms with van der Waals surface area (Å²) in [4.78, 5) is 0. The van der Waals surface area contributed by atoms with E-state index < -0.39 is 0 Å². The topological polar surface area (TPSA) is 32.3 Å². The Balaban J connectivity index is 1.91. The molecule has 2 aliphatic rings. The molecule has 2 fully saturated rings. The second kappa shape index (κ2) is 3.58. The molecule has 0 aromatic heterocycles. The van der Waals surface area contributed by atoms with Crippen LogP contribution in [0.15, 0.2) is 0 Å². The van der Waals surface area contributed by atoms with Crippen molar-refractivity contribution in [1.82, 2.24) is 5.32 Å². The van der Waals surface area contributed by atoms with Crippen LogP contribution in [-0.4, -0.2) is 23.3 Å². The van der Waals surface area contributed by atoms with Crippen LogP contribution in [0.2, 0.25) is 0 Å². The highest BCUT2D eigenvalue weighted by Gasteiger charge is 2.41. The Morgan fingerprint density at radius 3 is 2.62 bits per heavy atom. The van der Waals surface area contributed by atoms with Crippen LogP contribution in [0.4, 0.5) is 0 Å². The molecule has 2 saturated carbocycles. The molecule has 2 heteroatoms. The third-order valence-corrected chi connectivity index (χ3v) is 3.68. The third kappa shape index (κ3) is 2.05. The maximum Gasteiger partial charge on any atom is 0.0613 e. The van der Waals surface area contributed by atoms with Crippen LogP contribution >= 0.6 is 0 Å². The predicted octanol–water partition coefficient (Wildman–Crippen LogP) is 1.68. The number of nitrogens with one attached hydrogen (secondary N) is 1. The van der Waals surface area contributed by atoms with Gasteiger partial charge in [-0.15, -0.1) is 0 Å². The molecule has 0 saturated heterocycles. The zero-order valence-corrected chi connectivity index (χ0v) is 8.55. The SMILES string of the molecule is CCC1CCC(CO)(NC2CC2)C1. The van der Waals surface area contributed by atoms with E-state index in [0.717, 1.165) is 12.0 Å². The fourth-order valence-corrected chi connectivity index (χ4v) is 2.57. The molecular weight excluding hydrogens is 162 g/mol. The first kappa shape index (κ1) is 9.47. The summed E-state index contributed by atoms with van der Waals surface area (Å²) in [5, 5.41) is 13.1. The van der Waals surface area contributed by atoms with E-state index in [1.807, 2.05) is 0 Å². The van der Waals surface area contributed by atoms with Gasteiger partial charge >= 0.3 is 0 Å². The van der Waals surface area contributed by atoms with E-state index in [-0.39, 0.29) is 5.54 Å². The van der Waals surface area contributed by atoms with Crippen molar-refractivity contribution >= 4 is 0 Å². The Labute approximate surface area is 80.7 Å². The molecule has 2 atom stereocenters. The lowest BCUT2D eigenvalue weighted by Gasteiger charge is -2.28. The van der Waals surface area contributed by atoms with Crippen LogP contribution < -0.4 is 5.32 Å². The molecule has 0 aliphatic heterocycles. The second-order valence-electron chi connectivity index (χ2n) is 4.87. The van der Waals surface area contributed by atoms with Crippen molar-refractivity contribution in [3.05, 3.63) is 0 Å². The van der Waals surface area contributed by atoms with Crippen molar-refractivity contribution in [3.8, 4) is 0 Å². The van der Waals surface area contributed by atoms with Crippen molar-refractivity contribution < 1.29 is 5.11 Å². The molecule has 13 heavy (non-hydrogen) atoms. The molecule has 0 spiro atoms. The van der Waals surface area contributed by atoms with Crippen LogP contribution in [0.3, 0.4) is 0 Å². The number of rotatable bonds is 4. The average molecular weight is 183 g/mol. The zero-order valence-electron chi connectivity index (χ0n) is 8.55. The molecule has 0 aromatic carbocycles. The van der Waals surface area contributed by atoms with Gasteiger partial charge < -0.3 is 10.4 Å². The van der Waals surface area contributed by atoms with Gasteiger partial charge in [-0.1, -0.05) is 13.3 Å². The largest absolute Gasteiger partial charge is 0.394 e. The maximum atomic E-state index is 9.44. The van der Waals surface area contributed by atoms with Crippen LogP contribution in [0, 0.1) is 5.92 Å². The fraction of sp³-hybridized carbons (Fsp3) is 1.00. The minimum Gasteiger partial charge on any atom is -0.394 e. The third-order valence-electron chi connectivity index (χ3n) is 3.68. The summed E-state index contributed by atoms with van der Waals surface area (Å²) in [7, 11) is 0. The van der Waals surface area contributed by atoms with Crippen molar-refractivity contribution in [2.45, 2.75) is 57.0 Å². The Morgan fingerprint density at radius 1 is 1.38 bits per heavy atom. The van der Waals surface area contributed by atoms with Gasteiger partial charge in [-0.2, -0.15) is 0 Å². The lowest BCUT2D eigenvalue weighted by atomic mass is 9.96. The molecule has 0 bridgehead atoms. The first-order valence-electron chi connectivity index (χ1n) is 5.66. The van der Waals surface area contributed by atoms with Crippen LogP contribution in [0.25, 0.3) is 0 Å². The van der Waals surface area contributed by atoms with Crippen LogP contribution in [-0.2, 0) is 0 Å². The van der Waals surface area contributed by atoms with Gasteiger partial charge in [0.1, 0.15) is 0 Å². The summed E-state index contributed by atoms with van der Waals surface area (Å²) in [5.41, 5.74) is 0.0991. The lowest BCUT2D eigenvalue weighted by molar-refractivity contribution is 0.158. The maximum absolute atomic E-state index is 9.44. The van der Waals surface area contributed by atoms with Crippen molar-refractivity contribution in [2.75, 3.05) is 6.61 Å². The van der Waals surface area contributed by atoms with E-state index in [2.05, 4.69) is 12.2 Å². The van der Waals surface area contributed by atoms with E-state index in [0.29, 0.717) is 6.61 Å². The second-order valence-corrected chi connectivity index (χ2v) is 4.87. The standard InChI is InChI=1S/C11H21NO/c1-2-9-5-6-11(7-9,8-13)12-10-3-4-10/h9-10,12-13H,2-8H2,1H3. The summed E-state index contributed by atoms with van der Waals surface area (Å²) < 4.78 is 0. The van der Waals surface area contributed by atoms with Gasteiger partial charge in [-0.25, -0.2) is 0 Å². The van der Waals surface area contributed by atoms with Crippen molar-refractivity contribution in [3.63, 3.8) is 0 Å². The van der Waals surface area contributed by atoms with Gasteiger partial charge in [0, 0.05) is 11.6 Å². The summed E-state index contributed by atoms with van der Waals surface area (Å²) in [6.07, 6.45) is 7.58. The quantitative estimate of drug-likeness (QED) is 0.695. The number of aliphatic hydroxyl groups is 1. The minimum atomic E-state index is 0.0991. The van der Waals surface area contributed by atoms with E-state index in [4.69, 9.17) is 0 Å². The fourth-order valence-electron chi connectivity index (χ4n) is 2.57. The van der Waals surface area contributed by atoms with Crippen molar-refractivity contribution in [1.29, 1.82) is 0 Å². The summed E-state index contributed by atoms with van der Waals surface area (Å²) in [6, 6.07) is 0.725. The highest BCUT2D eigenvalue weighted by Crippen LogP contribution is 2.38. The zero-order chi connectivity index (χ0) is 9.31. The van der Waals surface area contributed by atoms with E-state index in [1.54, 1.807) is 0 Å². The molecule has 2 aliphatic carbocycles. The van der Waals surface area contributed by atoms with Gasteiger partial charge in [-0.05, 0) is 38.0 Å². The summed E-state index contributed by atoms with van der Waals surface area (Å²) in [5.74, 6) is 0.846. The van der Waals surface area contributed by atoms with Gasteiger partial charge in [-0.3, -0.25) is 0 Å². The Hall–Kier alpha value is -0.0800. The number of hydrogen-bond donors (Lipinski definition) is 2. The summed E-state index contributed by atoms with van der Waals surface area (Å²) >= 11 is 0. The van der Waals surface area contributed by atoms with Gasteiger partial charge in [0.15, 0.2) is 0 Å². The predicted molar refractivity (Wildman–Crippen MR) is 53.6 cm³/mol. The molecule has 76 valence electrons. The smallest absolute Gasteiger partial charge is 0.0613 e. The normalized spacial score (nSPS) is 39.7. The molecule has 0 heterocycles. The molecule has 2 N–H and O–H groups in total. The molecule has 0 aromatic rings. The Morgan fingerprint density at radius 2 is 2.15 bits per heavy atom. The summed E-state index contributed by atoms with van der Waals surface area (Å²) in [6.45, 7) is 2.59. The number of aliphatic hydroxyl groups excluding tert-OH is 1. The molecule has 2 unspecified atom stereocenters. The van der Waals surface area contributed by atoms with Crippen LogP contribution in [0.5, 0.6) is 0 Å². The van der Waals surface area contributed by atoms with Gasteiger partial charge in [0.2, 0.25) is 0 Å². The van der Waals surface area contributed by atoms with E-state index >= 15 is 0 Å². The Bertz CT molecular complexity index is 179. The molecule has 0 amide bonds.